The van der Waals surface area contributed by atoms with Gasteiger partial charge in [-0.2, -0.15) is 0 Å². The molecule has 0 fully saturated rings. The van der Waals surface area contributed by atoms with Gasteiger partial charge in [-0.25, -0.2) is 4.79 Å². The topological polar surface area (TPSA) is 35.5 Å². The van der Waals surface area contributed by atoms with Crippen molar-refractivity contribution in [3.8, 4) is 5.75 Å². The summed E-state index contributed by atoms with van der Waals surface area (Å²) in [5, 5.41) is 0.683. The fourth-order valence-corrected chi connectivity index (χ4v) is 2.10. The highest BCUT2D eigenvalue weighted by atomic mass is 35.5. The number of hydrogen-bond donors (Lipinski definition) is 0. The van der Waals surface area contributed by atoms with Crippen molar-refractivity contribution < 1.29 is 14.3 Å². The van der Waals surface area contributed by atoms with Gasteiger partial charge in [-0.05, 0) is 36.8 Å². The average Bonchev–Trinajstić information content (AvgIpc) is 2.78. The molecule has 3 nitrogen and oxygen atoms in total. The Morgan fingerprint density at radius 3 is 2.65 bits per heavy atom. The summed E-state index contributed by atoms with van der Waals surface area (Å²) in [6.07, 6.45) is 1.44. The predicted octanol–water partition coefficient (Wildman–Crippen LogP) is 4.20. The van der Waals surface area contributed by atoms with Crippen LogP contribution in [-0.2, 0) is 4.74 Å². The number of carbonyl (C=O) groups is 1. The van der Waals surface area contributed by atoms with E-state index in [0.717, 1.165) is 11.1 Å². The second-order valence-electron chi connectivity index (χ2n) is 4.45. The predicted molar refractivity (Wildman–Crippen MR) is 76.7 cm³/mol. The van der Waals surface area contributed by atoms with E-state index < -0.39 is 0 Å². The van der Waals surface area contributed by atoms with Crippen molar-refractivity contribution >= 4 is 23.3 Å². The van der Waals surface area contributed by atoms with E-state index in [2.05, 4.69) is 0 Å². The normalized spacial score (nSPS) is 15.1. The first-order valence-corrected chi connectivity index (χ1v) is 6.47. The summed E-state index contributed by atoms with van der Waals surface area (Å²) < 4.78 is 10.7. The second-order valence-corrected chi connectivity index (χ2v) is 4.85. The summed E-state index contributed by atoms with van der Waals surface area (Å²) >= 11 is 5.95. The number of cyclic esters (lactones) is 1. The molecule has 20 heavy (non-hydrogen) atoms. The third-order valence-corrected chi connectivity index (χ3v) is 3.47. The SMILES string of the molecule is Cc1cc(OC=C2OC(=O)c3ccccc32)ccc1Cl. The number of esters is 1. The van der Waals surface area contributed by atoms with Crippen molar-refractivity contribution in [2.75, 3.05) is 0 Å². The van der Waals surface area contributed by atoms with Crippen LogP contribution >= 0.6 is 11.6 Å². The van der Waals surface area contributed by atoms with Crippen molar-refractivity contribution in [2.24, 2.45) is 0 Å². The number of ether oxygens (including phenoxy) is 2. The highest BCUT2D eigenvalue weighted by Gasteiger charge is 2.26. The lowest BCUT2D eigenvalue weighted by Crippen LogP contribution is -1.92. The highest BCUT2D eigenvalue weighted by Crippen LogP contribution is 2.30. The van der Waals surface area contributed by atoms with Gasteiger partial charge in [0.15, 0.2) is 5.76 Å². The standard InChI is InChI=1S/C16H11ClO3/c1-10-8-11(6-7-14(10)17)19-9-15-12-4-2-3-5-13(12)16(18)20-15/h2-9H,1H3. The zero-order valence-electron chi connectivity index (χ0n) is 10.7. The monoisotopic (exact) mass is 286 g/mol. The lowest BCUT2D eigenvalue weighted by molar-refractivity contribution is 0.0712. The van der Waals surface area contributed by atoms with Gasteiger partial charge in [-0.15, -0.1) is 0 Å². The van der Waals surface area contributed by atoms with E-state index >= 15 is 0 Å². The molecule has 0 amide bonds. The summed E-state index contributed by atoms with van der Waals surface area (Å²) in [4.78, 5) is 11.6. The molecule has 100 valence electrons. The van der Waals surface area contributed by atoms with Gasteiger partial charge in [0.25, 0.3) is 0 Å². The Labute approximate surface area is 121 Å². The van der Waals surface area contributed by atoms with Crippen LogP contribution in [0.15, 0.2) is 48.7 Å². The van der Waals surface area contributed by atoms with Crippen LogP contribution in [0.4, 0.5) is 0 Å². The number of carbonyl (C=O) groups excluding carboxylic acids is 1. The molecule has 0 spiro atoms. The molecule has 4 heteroatoms. The van der Waals surface area contributed by atoms with Gasteiger partial charge in [0, 0.05) is 10.6 Å². The fourth-order valence-electron chi connectivity index (χ4n) is 1.99. The molecule has 2 aromatic rings. The molecule has 1 heterocycles. The third-order valence-electron chi connectivity index (χ3n) is 3.05. The van der Waals surface area contributed by atoms with E-state index in [-0.39, 0.29) is 5.97 Å². The highest BCUT2D eigenvalue weighted by molar-refractivity contribution is 6.31. The molecule has 0 saturated carbocycles. The van der Waals surface area contributed by atoms with E-state index in [1.165, 1.54) is 6.26 Å². The van der Waals surface area contributed by atoms with Crippen LogP contribution in [0.3, 0.4) is 0 Å². The molecule has 0 aromatic heterocycles. The molecule has 0 bridgehead atoms. The molecule has 0 radical (unpaired) electrons. The molecule has 1 aliphatic rings. The van der Waals surface area contributed by atoms with E-state index in [1.54, 1.807) is 24.3 Å². The lowest BCUT2D eigenvalue weighted by Gasteiger charge is -2.04. The first-order valence-electron chi connectivity index (χ1n) is 6.10. The summed E-state index contributed by atoms with van der Waals surface area (Å²) in [6, 6.07) is 12.5. The van der Waals surface area contributed by atoms with Crippen LogP contribution in [0, 0.1) is 6.92 Å². The van der Waals surface area contributed by atoms with Gasteiger partial charge in [0.05, 0.1) is 5.56 Å². The molecular formula is C16H11ClO3. The summed E-state index contributed by atoms with van der Waals surface area (Å²) in [6.45, 7) is 1.90. The molecule has 3 rings (SSSR count). The quantitative estimate of drug-likeness (QED) is 0.613. The summed E-state index contributed by atoms with van der Waals surface area (Å²) in [5.74, 6) is 0.695. The van der Waals surface area contributed by atoms with E-state index in [0.29, 0.717) is 22.1 Å². The Bertz CT molecular complexity index is 719. The van der Waals surface area contributed by atoms with Gasteiger partial charge < -0.3 is 9.47 Å². The van der Waals surface area contributed by atoms with Gasteiger partial charge in [0.1, 0.15) is 12.0 Å². The van der Waals surface area contributed by atoms with Crippen LogP contribution < -0.4 is 4.74 Å². The Hall–Kier alpha value is -2.26. The van der Waals surface area contributed by atoms with Crippen LogP contribution in [0.25, 0.3) is 5.76 Å². The Morgan fingerprint density at radius 1 is 1.15 bits per heavy atom. The van der Waals surface area contributed by atoms with Crippen LogP contribution in [0.1, 0.15) is 21.5 Å². The minimum Gasteiger partial charge on any atom is -0.461 e. The number of fused-ring (bicyclic) bond motifs is 1. The maximum absolute atomic E-state index is 11.6. The van der Waals surface area contributed by atoms with Gasteiger partial charge >= 0.3 is 5.97 Å². The molecule has 0 atom stereocenters. The molecule has 0 N–H and O–H groups in total. The van der Waals surface area contributed by atoms with Crippen molar-refractivity contribution in [1.29, 1.82) is 0 Å². The largest absolute Gasteiger partial charge is 0.461 e. The van der Waals surface area contributed by atoms with Crippen molar-refractivity contribution in [3.63, 3.8) is 0 Å². The van der Waals surface area contributed by atoms with Gasteiger partial charge in [-0.3, -0.25) is 0 Å². The van der Waals surface area contributed by atoms with Gasteiger partial charge in [-0.1, -0.05) is 29.8 Å². The second kappa shape index (κ2) is 5.02. The van der Waals surface area contributed by atoms with Gasteiger partial charge in [0.2, 0.25) is 0 Å². The number of aryl methyl sites for hydroxylation is 1. The smallest absolute Gasteiger partial charge is 0.344 e. The summed E-state index contributed by atoms with van der Waals surface area (Å²) in [5.41, 5.74) is 2.21. The van der Waals surface area contributed by atoms with Crippen LogP contribution in [0.5, 0.6) is 5.75 Å². The molecule has 0 saturated heterocycles. The first kappa shape index (κ1) is 12.8. The lowest BCUT2D eigenvalue weighted by atomic mass is 10.1. The zero-order valence-corrected chi connectivity index (χ0v) is 11.5. The Balaban J connectivity index is 1.87. The van der Waals surface area contributed by atoms with Crippen LogP contribution in [0.2, 0.25) is 5.02 Å². The van der Waals surface area contributed by atoms with Crippen molar-refractivity contribution in [3.05, 3.63) is 70.4 Å². The number of rotatable bonds is 2. The molecule has 2 aromatic carbocycles. The van der Waals surface area contributed by atoms with E-state index in [1.807, 2.05) is 25.1 Å². The number of halogens is 1. The average molecular weight is 287 g/mol. The minimum atomic E-state index is -0.359. The maximum atomic E-state index is 11.6. The molecule has 1 aliphatic heterocycles. The first-order chi connectivity index (χ1) is 9.65. The van der Waals surface area contributed by atoms with Crippen molar-refractivity contribution in [1.82, 2.24) is 0 Å². The molecule has 0 unspecified atom stereocenters. The third kappa shape index (κ3) is 2.28. The number of benzene rings is 2. The summed E-state index contributed by atoms with van der Waals surface area (Å²) in [7, 11) is 0. The minimum absolute atomic E-state index is 0.359. The van der Waals surface area contributed by atoms with E-state index in [4.69, 9.17) is 21.1 Å². The maximum Gasteiger partial charge on any atom is 0.344 e. The Morgan fingerprint density at radius 2 is 1.90 bits per heavy atom. The Kier molecular flexibility index (Phi) is 3.20. The van der Waals surface area contributed by atoms with Crippen molar-refractivity contribution in [2.45, 2.75) is 6.92 Å². The van der Waals surface area contributed by atoms with Crippen LogP contribution in [-0.4, -0.2) is 5.97 Å². The van der Waals surface area contributed by atoms with E-state index in [9.17, 15) is 4.79 Å². The molecular weight excluding hydrogens is 276 g/mol. The zero-order chi connectivity index (χ0) is 14.1. The molecule has 0 aliphatic carbocycles. The fraction of sp³-hybridized carbons (Fsp3) is 0.0625. The number of hydrogen-bond acceptors (Lipinski definition) is 3.